The van der Waals surface area contributed by atoms with E-state index in [1.54, 1.807) is 0 Å². The van der Waals surface area contributed by atoms with Gasteiger partial charge in [0.1, 0.15) is 5.65 Å². The summed E-state index contributed by atoms with van der Waals surface area (Å²) < 4.78 is 7.73. The molecule has 1 aliphatic rings. The second-order valence-electron chi connectivity index (χ2n) is 6.03. The Hall–Kier alpha value is -1.63. The topological polar surface area (TPSA) is 70.2 Å². The lowest BCUT2D eigenvalue weighted by Crippen LogP contribution is -2.54. The number of morpholine rings is 1. The normalized spacial score (nSPS) is 21.9. The Morgan fingerprint density at radius 3 is 2.90 bits per heavy atom. The molecule has 21 heavy (non-hydrogen) atoms. The maximum Gasteiger partial charge on any atom is 0.153 e. The number of hydrogen-bond donors (Lipinski definition) is 2. The lowest BCUT2D eigenvalue weighted by Gasteiger charge is -2.42. The van der Waals surface area contributed by atoms with Crippen LogP contribution in [0, 0.1) is 0 Å². The zero-order chi connectivity index (χ0) is 15.0. The molecule has 0 bridgehead atoms. The molecule has 2 N–H and O–H groups in total. The third-order valence-corrected chi connectivity index (χ3v) is 3.74. The van der Waals surface area contributed by atoms with Crippen molar-refractivity contribution in [1.82, 2.24) is 9.38 Å². The van der Waals surface area contributed by atoms with E-state index in [0.29, 0.717) is 13.1 Å². The molecule has 2 aromatic rings. The van der Waals surface area contributed by atoms with Gasteiger partial charge in [-0.3, -0.25) is 4.40 Å². The van der Waals surface area contributed by atoms with Crippen molar-refractivity contribution in [3.05, 3.63) is 30.1 Å². The molecule has 1 aliphatic heterocycles. The highest BCUT2D eigenvalue weighted by molar-refractivity contribution is 5.56. The van der Waals surface area contributed by atoms with Crippen LogP contribution in [0.4, 0.5) is 5.82 Å². The first-order valence-electron chi connectivity index (χ1n) is 7.14. The zero-order valence-electron chi connectivity index (χ0n) is 12.4. The molecule has 0 amide bonds. The van der Waals surface area contributed by atoms with Crippen molar-refractivity contribution in [1.29, 1.82) is 0 Å². The fourth-order valence-corrected chi connectivity index (χ4v) is 2.99. The van der Waals surface area contributed by atoms with Crippen molar-refractivity contribution < 1.29 is 14.9 Å². The van der Waals surface area contributed by atoms with Crippen LogP contribution in [0.5, 0.6) is 0 Å². The summed E-state index contributed by atoms with van der Waals surface area (Å²) in [5.74, 6) is 0.763. The van der Waals surface area contributed by atoms with Gasteiger partial charge in [-0.25, -0.2) is 4.98 Å². The average Bonchev–Trinajstić information content (AvgIpc) is 2.84. The van der Waals surface area contributed by atoms with E-state index in [1.165, 1.54) is 0 Å². The number of aliphatic hydroxyl groups is 2. The number of pyridine rings is 1. The molecule has 2 aromatic heterocycles. The summed E-state index contributed by atoms with van der Waals surface area (Å²) in [5.41, 5.74) is 1.20. The molecule has 1 saturated heterocycles. The van der Waals surface area contributed by atoms with Crippen molar-refractivity contribution in [2.24, 2.45) is 0 Å². The largest absolute Gasteiger partial charge is 0.394 e. The molecule has 0 saturated carbocycles. The molecule has 1 atom stereocenters. The Kier molecular flexibility index (Phi) is 3.61. The minimum absolute atomic E-state index is 0.0260. The number of hydrogen-bond acceptors (Lipinski definition) is 5. The van der Waals surface area contributed by atoms with Crippen LogP contribution in [0.15, 0.2) is 24.4 Å². The molecule has 0 aliphatic carbocycles. The Morgan fingerprint density at radius 1 is 1.38 bits per heavy atom. The molecule has 6 nitrogen and oxygen atoms in total. The highest BCUT2D eigenvalue weighted by atomic mass is 16.5. The van der Waals surface area contributed by atoms with E-state index in [9.17, 15) is 10.2 Å². The van der Waals surface area contributed by atoms with E-state index < -0.39 is 0 Å². The molecule has 1 unspecified atom stereocenters. The number of aliphatic hydroxyl groups excluding tert-OH is 2. The summed E-state index contributed by atoms with van der Waals surface area (Å²) in [5, 5.41) is 19.1. The summed E-state index contributed by atoms with van der Waals surface area (Å²) in [4.78, 5) is 6.72. The lowest BCUT2D eigenvalue weighted by molar-refractivity contribution is -0.101. The van der Waals surface area contributed by atoms with E-state index in [1.807, 2.05) is 42.6 Å². The number of fused-ring (bicyclic) bond motifs is 1. The molecule has 1 fully saturated rings. The SMILES string of the molecule is CC1(C)CN(c2nc3ccccn3c2CO)CC(CO)O1. The van der Waals surface area contributed by atoms with E-state index in [4.69, 9.17) is 4.74 Å². The molecule has 6 heteroatoms. The van der Waals surface area contributed by atoms with Gasteiger partial charge in [0.15, 0.2) is 5.82 Å². The molecule has 0 spiro atoms. The van der Waals surface area contributed by atoms with Crippen LogP contribution in [-0.4, -0.2) is 51.0 Å². The Balaban J connectivity index is 2.02. The van der Waals surface area contributed by atoms with Gasteiger partial charge in [-0.05, 0) is 26.0 Å². The molecule has 0 radical (unpaired) electrons. The average molecular weight is 291 g/mol. The summed E-state index contributed by atoms with van der Waals surface area (Å²) in [6.07, 6.45) is 1.65. The maximum absolute atomic E-state index is 9.72. The maximum atomic E-state index is 9.72. The highest BCUT2D eigenvalue weighted by Gasteiger charge is 2.35. The fraction of sp³-hybridized carbons (Fsp3) is 0.533. The first kappa shape index (κ1) is 14.3. The number of ether oxygens (including phenoxy) is 1. The predicted octanol–water partition coefficient (Wildman–Crippen LogP) is 0.803. The number of aromatic nitrogens is 2. The van der Waals surface area contributed by atoms with Crippen LogP contribution in [0.2, 0.25) is 0 Å². The first-order chi connectivity index (χ1) is 10.0. The van der Waals surface area contributed by atoms with E-state index in [-0.39, 0.29) is 24.9 Å². The van der Waals surface area contributed by atoms with Gasteiger partial charge in [0.2, 0.25) is 0 Å². The van der Waals surface area contributed by atoms with E-state index >= 15 is 0 Å². The Labute approximate surface area is 123 Å². The van der Waals surface area contributed by atoms with Gasteiger partial charge in [-0.1, -0.05) is 6.07 Å². The van der Waals surface area contributed by atoms with Crippen molar-refractivity contribution in [3.8, 4) is 0 Å². The van der Waals surface area contributed by atoms with Gasteiger partial charge < -0.3 is 19.8 Å². The second-order valence-corrected chi connectivity index (χ2v) is 6.03. The fourth-order valence-electron chi connectivity index (χ4n) is 2.99. The van der Waals surface area contributed by atoms with Gasteiger partial charge in [-0.15, -0.1) is 0 Å². The van der Waals surface area contributed by atoms with Crippen molar-refractivity contribution in [2.75, 3.05) is 24.6 Å². The third kappa shape index (κ3) is 2.62. The molecular weight excluding hydrogens is 270 g/mol. The number of nitrogens with zero attached hydrogens (tertiary/aromatic N) is 3. The van der Waals surface area contributed by atoms with Gasteiger partial charge in [-0.2, -0.15) is 0 Å². The van der Waals surface area contributed by atoms with Crippen LogP contribution in [0.3, 0.4) is 0 Å². The first-order valence-corrected chi connectivity index (χ1v) is 7.14. The van der Waals surface area contributed by atoms with Gasteiger partial charge in [0.25, 0.3) is 0 Å². The van der Waals surface area contributed by atoms with Crippen molar-refractivity contribution in [2.45, 2.75) is 32.2 Å². The Bertz CT molecular complexity index is 638. The number of imidazole rings is 1. The number of anilines is 1. The quantitative estimate of drug-likeness (QED) is 0.875. The smallest absolute Gasteiger partial charge is 0.153 e. The molecular formula is C15H21N3O3. The van der Waals surface area contributed by atoms with E-state index in [2.05, 4.69) is 9.88 Å². The Morgan fingerprint density at radius 2 is 2.19 bits per heavy atom. The number of rotatable bonds is 3. The highest BCUT2D eigenvalue weighted by Crippen LogP contribution is 2.28. The molecule has 3 heterocycles. The minimum atomic E-state index is -0.367. The molecule has 114 valence electrons. The van der Waals surface area contributed by atoms with Crippen molar-refractivity contribution in [3.63, 3.8) is 0 Å². The predicted molar refractivity (Wildman–Crippen MR) is 79.4 cm³/mol. The van der Waals surface area contributed by atoms with Crippen LogP contribution < -0.4 is 4.90 Å². The van der Waals surface area contributed by atoms with Crippen LogP contribution in [0.25, 0.3) is 5.65 Å². The van der Waals surface area contributed by atoms with Gasteiger partial charge in [0.05, 0.1) is 30.6 Å². The summed E-state index contributed by atoms with van der Waals surface area (Å²) in [7, 11) is 0. The summed E-state index contributed by atoms with van der Waals surface area (Å²) >= 11 is 0. The lowest BCUT2D eigenvalue weighted by atomic mass is 10.1. The molecule has 3 rings (SSSR count). The second kappa shape index (κ2) is 5.29. The molecule has 0 aromatic carbocycles. The van der Waals surface area contributed by atoms with Crippen LogP contribution >= 0.6 is 0 Å². The summed E-state index contributed by atoms with van der Waals surface area (Å²) in [6.45, 7) is 5.12. The van der Waals surface area contributed by atoms with Crippen molar-refractivity contribution >= 4 is 11.5 Å². The van der Waals surface area contributed by atoms with Gasteiger partial charge >= 0.3 is 0 Å². The van der Waals surface area contributed by atoms with Crippen LogP contribution in [-0.2, 0) is 11.3 Å². The monoisotopic (exact) mass is 291 g/mol. The summed E-state index contributed by atoms with van der Waals surface area (Å²) in [6, 6.07) is 5.75. The minimum Gasteiger partial charge on any atom is -0.394 e. The van der Waals surface area contributed by atoms with E-state index in [0.717, 1.165) is 17.2 Å². The zero-order valence-corrected chi connectivity index (χ0v) is 12.4. The van der Waals surface area contributed by atoms with Crippen LogP contribution in [0.1, 0.15) is 19.5 Å². The van der Waals surface area contributed by atoms with Gasteiger partial charge in [0, 0.05) is 19.3 Å². The standard InChI is InChI=1S/C15H21N3O3/c1-15(2)10-17(7-11(8-19)21-15)14-12(9-20)18-6-4-3-5-13(18)16-14/h3-6,11,19-20H,7-10H2,1-2H3. The third-order valence-electron chi connectivity index (χ3n) is 3.74.